The van der Waals surface area contributed by atoms with E-state index < -0.39 is 0 Å². The Morgan fingerprint density at radius 1 is 1.54 bits per heavy atom. The van der Waals surface area contributed by atoms with Crippen LogP contribution in [0, 0.1) is 3.57 Å². The first-order valence-electron chi connectivity index (χ1n) is 3.61. The van der Waals surface area contributed by atoms with Crippen molar-refractivity contribution in [2.45, 2.75) is 4.90 Å². The minimum atomic E-state index is -0.287. The van der Waals surface area contributed by atoms with Crippen molar-refractivity contribution >= 4 is 40.3 Å². The van der Waals surface area contributed by atoms with Gasteiger partial charge >= 0.3 is 5.97 Å². The van der Waals surface area contributed by atoms with Crippen LogP contribution < -0.4 is 0 Å². The molecule has 0 aliphatic carbocycles. The molecule has 0 atom stereocenters. The van der Waals surface area contributed by atoms with Crippen molar-refractivity contribution in [1.82, 2.24) is 0 Å². The van der Waals surface area contributed by atoms with Crippen molar-refractivity contribution in [3.63, 3.8) is 0 Å². The van der Waals surface area contributed by atoms with Crippen molar-refractivity contribution in [1.29, 1.82) is 0 Å². The highest BCUT2D eigenvalue weighted by atomic mass is 127. The van der Waals surface area contributed by atoms with Gasteiger partial charge in [0.05, 0.1) is 12.7 Å². The summed E-state index contributed by atoms with van der Waals surface area (Å²) in [6.07, 6.45) is 2.01. The van der Waals surface area contributed by atoms with E-state index in [1.54, 1.807) is 17.8 Å². The Hall–Kier alpha value is -0.230. The molecule has 70 valence electrons. The Kier molecular flexibility index (Phi) is 4.05. The molecule has 0 saturated carbocycles. The van der Waals surface area contributed by atoms with E-state index in [4.69, 9.17) is 0 Å². The van der Waals surface area contributed by atoms with Crippen LogP contribution in [0.3, 0.4) is 0 Å². The molecule has 4 heteroatoms. The maximum Gasteiger partial charge on any atom is 0.337 e. The number of thioether (sulfide) groups is 1. The number of halogens is 1. The third kappa shape index (κ3) is 2.60. The second kappa shape index (κ2) is 4.85. The summed E-state index contributed by atoms with van der Waals surface area (Å²) in [6.45, 7) is 0. The summed E-state index contributed by atoms with van der Waals surface area (Å²) in [7, 11) is 1.39. The van der Waals surface area contributed by atoms with Gasteiger partial charge in [0, 0.05) is 8.47 Å². The van der Waals surface area contributed by atoms with Crippen LogP contribution in [-0.4, -0.2) is 19.3 Å². The standard InChI is InChI=1S/C9H9IO2S/c1-12-9(11)6-3-4-8(13-2)7(10)5-6/h3-5H,1-2H3. The first-order chi connectivity index (χ1) is 6.19. The third-order valence-corrected chi connectivity index (χ3v) is 3.63. The van der Waals surface area contributed by atoms with Gasteiger partial charge in [-0.3, -0.25) is 0 Å². The Labute approximate surface area is 95.2 Å². The van der Waals surface area contributed by atoms with E-state index in [2.05, 4.69) is 27.3 Å². The lowest BCUT2D eigenvalue weighted by Crippen LogP contribution is -2.01. The fourth-order valence-electron chi connectivity index (χ4n) is 0.911. The topological polar surface area (TPSA) is 26.3 Å². The van der Waals surface area contributed by atoms with Gasteiger partial charge in [0.25, 0.3) is 0 Å². The number of carbonyl (C=O) groups excluding carboxylic acids is 1. The predicted molar refractivity (Wildman–Crippen MR) is 62.3 cm³/mol. The molecule has 13 heavy (non-hydrogen) atoms. The van der Waals surface area contributed by atoms with E-state index in [0.29, 0.717) is 5.56 Å². The van der Waals surface area contributed by atoms with Gasteiger partial charge < -0.3 is 4.74 Å². The lowest BCUT2D eigenvalue weighted by atomic mass is 10.2. The molecular formula is C9H9IO2S. The number of rotatable bonds is 2. The van der Waals surface area contributed by atoms with Crippen LogP contribution >= 0.6 is 34.4 Å². The summed E-state index contributed by atoms with van der Waals surface area (Å²) in [6, 6.07) is 5.54. The van der Waals surface area contributed by atoms with Gasteiger partial charge in [-0.2, -0.15) is 0 Å². The Morgan fingerprint density at radius 2 is 2.23 bits per heavy atom. The lowest BCUT2D eigenvalue weighted by Gasteiger charge is -2.03. The quantitative estimate of drug-likeness (QED) is 0.477. The molecule has 1 aromatic rings. The first kappa shape index (κ1) is 10.8. The van der Waals surface area contributed by atoms with Crippen molar-refractivity contribution in [2.24, 2.45) is 0 Å². The molecule has 0 bridgehead atoms. The number of hydrogen-bond acceptors (Lipinski definition) is 3. The molecule has 2 nitrogen and oxygen atoms in total. The van der Waals surface area contributed by atoms with Gasteiger partial charge in [0.1, 0.15) is 0 Å². The maximum absolute atomic E-state index is 11.1. The second-order valence-electron chi connectivity index (χ2n) is 2.34. The van der Waals surface area contributed by atoms with Crippen molar-refractivity contribution < 1.29 is 9.53 Å². The Bertz CT molecular complexity index is 325. The average Bonchev–Trinajstić information content (AvgIpc) is 2.16. The van der Waals surface area contributed by atoms with E-state index in [1.807, 2.05) is 18.4 Å². The van der Waals surface area contributed by atoms with Crippen molar-refractivity contribution in [3.05, 3.63) is 27.3 Å². The van der Waals surface area contributed by atoms with E-state index in [0.717, 1.165) is 3.57 Å². The molecule has 0 aromatic heterocycles. The van der Waals surface area contributed by atoms with Gasteiger partial charge in [-0.15, -0.1) is 11.8 Å². The van der Waals surface area contributed by atoms with Crippen LogP contribution in [0.15, 0.2) is 23.1 Å². The SMILES string of the molecule is COC(=O)c1ccc(SC)c(I)c1. The Balaban J connectivity index is 3.02. The van der Waals surface area contributed by atoms with Gasteiger partial charge in [-0.25, -0.2) is 4.79 Å². The van der Waals surface area contributed by atoms with Crippen LogP contribution in [-0.2, 0) is 4.74 Å². The molecule has 0 amide bonds. The molecule has 0 aliphatic rings. The summed E-state index contributed by atoms with van der Waals surface area (Å²) in [5, 5.41) is 0. The molecule has 0 unspecified atom stereocenters. The summed E-state index contributed by atoms with van der Waals surface area (Å²) in [4.78, 5) is 12.3. The summed E-state index contributed by atoms with van der Waals surface area (Å²) in [5.41, 5.74) is 0.602. The van der Waals surface area contributed by atoms with Crippen LogP contribution in [0.25, 0.3) is 0 Å². The minimum Gasteiger partial charge on any atom is -0.465 e. The highest BCUT2D eigenvalue weighted by Crippen LogP contribution is 2.23. The molecule has 0 saturated heterocycles. The Morgan fingerprint density at radius 3 is 2.69 bits per heavy atom. The third-order valence-electron chi connectivity index (χ3n) is 1.57. The zero-order valence-electron chi connectivity index (χ0n) is 7.33. The van der Waals surface area contributed by atoms with Gasteiger partial charge in [-0.05, 0) is 47.0 Å². The van der Waals surface area contributed by atoms with Crippen LogP contribution in [0.4, 0.5) is 0 Å². The van der Waals surface area contributed by atoms with Crippen LogP contribution in [0.1, 0.15) is 10.4 Å². The number of carbonyl (C=O) groups is 1. The molecule has 0 spiro atoms. The fraction of sp³-hybridized carbons (Fsp3) is 0.222. The predicted octanol–water partition coefficient (Wildman–Crippen LogP) is 2.80. The number of benzene rings is 1. The molecule has 0 heterocycles. The highest BCUT2D eigenvalue weighted by molar-refractivity contribution is 14.1. The molecule has 0 N–H and O–H groups in total. The summed E-state index contributed by atoms with van der Waals surface area (Å²) in [5.74, 6) is -0.287. The monoisotopic (exact) mass is 308 g/mol. The first-order valence-corrected chi connectivity index (χ1v) is 5.91. The molecule has 0 radical (unpaired) electrons. The zero-order chi connectivity index (χ0) is 9.84. The number of methoxy groups -OCH3 is 1. The number of esters is 1. The van der Waals surface area contributed by atoms with Crippen LogP contribution in [0.2, 0.25) is 0 Å². The molecule has 1 rings (SSSR count). The van der Waals surface area contributed by atoms with Crippen molar-refractivity contribution in [3.8, 4) is 0 Å². The maximum atomic E-state index is 11.1. The molecule has 0 aliphatic heterocycles. The van der Waals surface area contributed by atoms with E-state index in [-0.39, 0.29) is 5.97 Å². The molecule has 1 aromatic carbocycles. The highest BCUT2D eigenvalue weighted by Gasteiger charge is 2.07. The summed E-state index contributed by atoms with van der Waals surface area (Å²) >= 11 is 3.87. The fourth-order valence-corrected chi connectivity index (χ4v) is 2.55. The van der Waals surface area contributed by atoms with Crippen molar-refractivity contribution in [2.75, 3.05) is 13.4 Å². The summed E-state index contributed by atoms with van der Waals surface area (Å²) < 4.78 is 5.69. The number of hydrogen-bond donors (Lipinski definition) is 0. The zero-order valence-corrected chi connectivity index (χ0v) is 10.3. The van der Waals surface area contributed by atoms with E-state index in [9.17, 15) is 4.79 Å². The van der Waals surface area contributed by atoms with Gasteiger partial charge in [0.2, 0.25) is 0 Å². The number of ether oxygens (including phenoxy) is 1. The molecule has 0 fully saturated rings. The second-order valence-corrected chi connectivity index (χ2v) is 4.35. The largest absolute Gasteiger partial charge is 0.465 e. The van der Waals surface area contributed by atoms with Gasteiger partial charge in [0.15, 0.2) is 0 Å². The normalized spacial score (nSPS) is 9.77. The smallest absolute Gasteiger partial charge is 0.337 e. The van der Waals surface area contributed by atoms with Gasteiger partial charge in [-0.1, -0.05) is 0 Å². The molecular weight excluding hydrogens is 299 g/mol. The average molecular weight is 308 g/mol. The van der Waals surface area contributed by atoms with Crippen LogP contribution in [0.5, 0.6) is 0 Å². The van der Waals surface area contributed by atoms with E-state index >= 15 is 0 Å². The van der Waals surface area contributed by atoms with E-state index in [1.165, 1.54) is 12.0 Å². The minimum absolute atomic E-state index is 0.287. The lowest BCUT2D eigenvalue weighted by molar-refractivity contribution is 0.0600.